The average molecular weight is 439 g/mol. The van der Waals surface area contributed by atoms with Crippen LogP contribution in [0.2, 0.25) is 5.15 Å². The fourth-order valence-electron chi connectivity index (χ4n) is 3.04. The first-order valence-corrected chi connectivity index (χ1v) is 10.6. The molecule has 0 spiro atoms. The first kappa shape index (κ1) is 22.6. The van der Waals surface area contributed by atoms with Gasteiger partial charge in [-0.2, -0.15) is 5.10 Å². The molecule has 2 amide bonds. The van der Waals surface area contributed by atoms with E-state index >= 15 is 0 Å². The van der Waals surface area contributed by atoms with Crippen molar-refractivity contribution in [2.24, 2.45) is 0 Å². The summed E-state index contributed by atoms with van der Waals surface area (Å²) in [6, 6.07) is 16.6. The van der Waals surface area contributed by atoms with Gasteiger partial charge in [0.05, 0.1) is 17.8 Å². The van der Waals surface area contributed by atoms with Gasteiger partial charge in [-0.05, 0) is 57.0 Å². The van der Waals surface area contributed by atoms with Crippen molar-refractivity contribution in [3.63, 3.8) is 0 Å². The number of carbonyl (C=O) groups is 2. The van der Waals surface area contributed by atoms with E-state index in [4.69, 9.17) is 11.6 Å². The van der Waals surface area contributed by atoms with E-state index in [1.807, 2.05) is 51.1 Å². The molecular weight excluding hydrogens is 412 g/mol. The minimum atomic E-state index is -0.342. The Bertz CT molecular complexity index is 1070. The minimum absolute atomic E-state index is 0.147. The average Bonchev–Trinajstić information content (AvgIpc) is 3.02. The number of carbonyl (C=O) groups excluding carboxylic acids is 2. The number of aromatic nitrogens is 2. The summed E-state index contributed by atoms with van der Waals surface area (Å²) < 4.78 is 1.62. The van der Waals surface area contributed by atoms with Gasteiger partial charge in [-0.1, -0.05) is 48.9 Å². The normalized spacial score (nSPS) is 11.3. The lowest BCUT2D eigenvalue weighted by atomic mass is 10.0. The summed E-state index contributed by atoms with van der Waals surface area (Å²) in [6.07, 6.45) is 0.824. The van der Waals surface area contributed by atoms with E-state index in [9.17, 15) is 9.59 Å². The summed E-state index contributed by atoms with van der Waals surface area (Å²) in [5.74, 6) is -0.489. The largest absolute Gasteiger partial charge is 0.347 e. The number of hydrogen-bond acceptors (Lipinski definition) is 3. The highest BCUT2D eigenvalue weighted by atomic mass is 35.5. The molecule has 0 aliphatic carbocycles. The summed E-state index contributed by atoms with van der Waals surface area (Å²) in [5.41, 5.74) is 2.75. The third kappa shape index (κ3) is 5.52. The van der Waals surface area contributed by atoms with E-state index in [-0.39, 0.29) is 22.5 Å². The van der Waals surface area contributed by atoms with E-state index in [0.29, 0.717) is 29.1 Å². The number of aryl methyl sites for hydroxylation is 1. The van der Waals surface area contributed by atoms with Crippen LogP contribution in [0.4, 0.5) is 5.69 Å². The molecule has 0 atom stereocenters. The zero-order chi connectivity index (χ0) is 22.6. The lowest BCUT2D eigenvalue weighted by molar-refractivity contribution is 0.0911. The maximum atomic E-state index is 12.8. The Labute approximate surface area is 187 Å². The van der Waals surface area contributed by atoms with Crippen LogP contribution in [-0.4, -0.2) is 27.1 Å². The van der Waals surface area contributed by atoms with Crippen molar-refractivity contribution in [1.29, 1.82) is 0 Å². The molecular formula is C24H27ClN4O2. The third-order valence-corrected chi connectivity index (χ3v) is 5.59. The van der Waals surface area contributed by atoms with Crippen molar-refractivity contribution in [3.8, 4) is 0 Å². The molecule has 0 saturated heterocycles. The van der Waals surface area contributed by atoms with Crippen molar-refractivity contribution in [2.75, 3.05) is 5.32 Å². The number of rotatable bonds is 7. The van der Waals surface area contributed by atoms with Gasteiger partial charge in [0.15, 0.2) is 0 Å². The smallest absolute Gasteiger partial charge is 0.260 e. The van der Waals surface area contributed by atoms with Gasteiger partial charge in [0.25, 0.3) is 11.8 Å². The molecule has 1 aromatic heterocycles. The molecule has 7 heteroatoms. The Hall–Kier alpha value is -3.12. The van der Waals surface area contributed by atoms with Gasteiger partial charge in [0.1, 0.15) is 5.15 Å². The lowest BCUT2D eigenvalue weighted by Crippen LogP contribution is -2.42. The second kappa shape index (κ2) is 9.35. The van der Waals surface area contributed by atoms with Crippen molar-refractivity contribution in [2.45, 2.75) is 46.2 Å². The molecule has 3 rings (SSSR count). The standard InChI is InChI=1S/C24H27ClN4O2/c1-5-24(3,4)27-22(30)18-11-13-19(14-12-18)26-23(31)20-16(2)28-29(21(20)25)15-17-9-7-6-8-10-17/h6-14H,5,15H2,1-4H3,(H,26,31)(H,27,30). The van der Waals surface area contributed by atoms with Crippen LogP contribution in [0, 0.1) is 6.92 Å². The lowest BCUT2D eigenvalue weighted by Gasteiger charge is -2.24. The fourth-order valence-corrected chi connectivity index (χ4v) is 3.36. The Morgan fingerprint density at radius 2 is 1.68 bits per heavy atom. The number of anilines is 1. The highest BCUT2D eigenvalue weighted by Gasteiger charge is 2.21. The van der Waals surface area contributed by atoms with E-state index in [1.165, 1.54) is 0 Å². The molecule has 31 heavy (non-hydrogen) atoms. The van der Waals surface area contributed by atoms with E-state index in [0.717, 1.165) is 12.0 Å². The third-order valence-electron chi connectivity index (χ3n) is 5.21. The maximum absolute atomic E-state index is 12.8. The monoisotopic (exact) mass is 438 g/mol. The Balaban J connectivity index is 1.71. The van der Waals surface area contributed by atoms with E-state index in [1.54, 1.807) is 35.9 Å². The van der Waals surface area contributed by atoms with Crippen LogP contribution in [0.25, 0.3) is 0 Å². The van der Waals surface area contributed by atoms with Crippen LogP contribution in [-0.2, 0) is 6.54 Å². The molecule has 2 aromatic carbocycles. The number of hydrogen-bond donors (Lipinski definition) is 2. The molecule has 0 aliphatic heterocycles. The Morgan fingerprint density at radius 3 is 2.29 bits per heavy atom. The number of nitrogens with one attached hydrogen (secondary N) is 2. The molecule has 0 fully saturated rings. The minimum Gasteiger partial charge on any atom is -0.347 e. The van der Waals surface area contributed by atoms with E-state index < -0.39 is 0 Å². The maximum Gasteiger partial charge on any atom is 0.260 e. The highest BCUT2D eigenvalue weighted by molar-refractivity contribution is 6.33. The first-order chi connectivity index (χ1) is 14.7. The zero-order valence-corrected chi connectivity index (χ0v) is 19.0. The first-order valence-electron chi connectivity index (χ1n) is 10.2. The molecule has 0 aliphatic rings. The Kier molecular flexibility index (Phi) is 6.81. The molecule has 0 radical (unpaired) electrons. The molecule has 0 bridgehead atoms. The highest BCUT2D eigenvalue weighted by Crippen LogP contribution is 2.23. The van der Waals surface area contributed by atoms with Gasteiger partial charge < -0.3 is 10.6 Å². The zero-order valence-electron chi connectivity index (χ0n) is 18.2. The number of nitrogens with zero attached hydrogens (tertiary/aromatic N) is 2. The topological polar surface area (TPSA) is 76.0 Å². The van der Waals surface area contributed by atoms with Gasteiger partial charge in [0, 0.05) is 16.8 Å². The number of benzene rings is 2. The summed E-state index contributed by atoms with van der Waals surface area (Å²) in [5, 5.41) is 10.5. The van der Waals surface area contributed by atoms with Crippen molar-refractivity contribution in [3.05, 3.63) is 82.1 Å². The van der Waals surface area contributed by atoms with Crippen LogP contribution in [0.1, 0.15) is 59.2 Å². The van der Waals surface area contributed by atoms with Gasteiger partial charge in [-0.15, -0.1) is 0 Å². The van der Waals surface area contributed by atoms with Crippen LogP contribution in [0.15, 0.2) is 54.6 Å². The van der Waals surface area contributed by atoms with Gasteiger partial charge >= 0.3 is 0 Å². The van der Waals surface area contributed by atoms with Gasteiger partial charge in [-0.3, -0.25) is 9.59 Å². The summed E-state index contributed by atoms with van der Waals surface area (Å²) in [4.78, 5) is 25.2. The molecule has 1 heterocycles. The SMILES string of the molecule is CCC(C)(C)NC(=O)c1ccc(NC(=O)c2c(C)nn(Cc3ccccc3)c2Cl)cc1. The Morgan fingerprint density at radius 1 is 1.03 bits per heavy atom. The molecule has 162 valence electrons. The van der Waals surface area contributed by atoms with Crippen LogP contribution in [0.5, 0.6) is 0 Å². The molecule has 0 saturated carbocycles. The van der Waals surface area contributed by atoms with Gasteiger partial charge in [0.2, 0.25) is 0 Å². The summed E-state index contributed by atoms with van der Waals surface area (Å²) >= 11 is 6.47. The molecule has 2 N–H and O–H groups in total. The molecule has 3 aromatic rings. The van der Waals surface area contributed by atoms with Crippen molar-refractivity contribution < 1.29 is 9.59 Å². The van der Waals surface area contributed by atoms with Crippen LogP contribution < -0.4 is 10.6 Å². The predicted octanol–water partition coefficient (Wildman–Crippen LogP) is 5.06. The second-order valence-corrected chi connectivity index (χ2v) is 8.48. The number of amides is 2. The van der Waals surface area contributed by atoms with Crippen LogP contribution >= 0.6 is 11.6 Å². The van der Waals surface area contributed by atoms with Crippen LogP contribution in [0.3, 0.4) is 0 Å². The van der Waals surface area contributed by atoms with Crippen molar-refractivity contribution >= 4 is 29.1 Å². The number of halogens is 1. The predicted molar refractivity (Wildman–Crippen MR) is 124 cm³/mol. The molecule has 6 nitrogen and oxygen atoms in total. The summed E-state index contributed by atoms with van der Waals surface area (Å²) in [6.45, 7) is 8.21. The van der Waals surface area contributed by atoms with E-state index in [2.05, 4.69) is 15.7 Å². The fraction of sp³-hybridized carbons (Fsp3) is 0.292. The van der Waals surface area contributed by atoms with Crippen molar-refractivity contribution in [1.82, 2.24) is 15.1 Å². The second-order valence-electron chi connectivity index (χ2n) is 8.12. The van der Waals surface area contributed by atoms with Gasteiger partial charge in [-0.25, -0.2) is 4.68 Å². The quantitative estimate of drug-likeness (QED) is 0.541. The molecule has 0 unspecified atom stereocenters. The summed E-state index contributed by atoms with van der Waals surface area (Å²) in [7, 11) is 0.